The normalized spacial score (nSPS) is 14.6. The minimum Gasteiger partial charge on any atom is -0.463 e. The summed E-state index contributed by atoms with van der Waals surface area (Å²) < 4.78 is 14.1. The number of carbonyl (C=O) groups is 3. The SMILES string of the molecule is COC(=O)c1ccc(CN2C(=O)N/C(=C\c3cn(Cc4ccc(Br)cc4Br)c4ccccc34)C2=O)o1. The molecule has 1 fully saturated rings. The van der Waals surface area contributed by atoms with Gasteiger partial charge in [-0.3, -0.25) is 9.69 Å². The number of amides is 3. The van der Waals surface area contributed by atoms with Gasteiger partial charge in [-0.2, -0.15) is 0 Å². The van der Waals surface area contributed by atoms with Crippen LogP contribution in [0.1, 0.15) is 27.4 Å². The van der Waals surface area contributed by atoms with Crippen LogP contribution in [0.15, 0.2) is 79.9 Å². The van der Waals surface area contributed by atoms with Gasteiger partial charge in [-0.25, -0.2) is 9.59 Å². The lowest BCUT2D eigenvalue weighted by Crippen LogP contribution is -2.30. The summed E-state index contributed by atoms with van der Waals surface area (Å²) >= 11 is 7.10. The lowest BCUT2D eigenvalue weighted by atomic mass is 10.1. The number of urea groups is 1. The minimum absolute atomic E-state index is 0.000500. The molecule has 0 saturated carbocycles. The van der Waals surface area contributed by atoms with Crippen LogP contribution < -0.4 is 5.32 Å². The first-order chi connectivity index (χ1) is 17.3. The molecule has 0 bridgehead atoms. The number of hydrogen-bond donors (Lipinski definition) is 1. The monoisotopic (exact) mass is 611 g/mol. The molecule has 1 aliphatic heterocycles. The number of para-hydroxylation sites is 1. The Kier molecular flexibility index (Phi) is 6.55. The molecule has 0 unspecified atom stereocenters. The number of nitrogens with zero attached hydrogens (tertiary/aromatic N) is 2. The predicted octanol–water partition coefficient (Wildman–Crippen LogP) is 5.69. The maximum Gasteiger partial charge on any atom is 0.373 e. The molecular formula is C26H19Br2N3O5. The molecule has 2 aromatic carbocycles. The molecule has 0 atom stereocenters. The van der Waals surface area contributed by atoms with Gasteiger partial charge < -0.3 is 19.0 Å². The minimum atomic E-state index is -0.634. The van der Waals surface area contributed by atoms with Crippen molar-refractivity contribution in [2.75, 3.05) is 7.11 Å². The van der Waals surface area contributed by atoms with Crippen LogP contribution in [0, 0.1) is 0 Å². The van der Waals surface area contributed by atoms with Crippen molar-refractivity contribution < 1.29 is 23.5 Å². The summed E-state index contributed by atoms with van der Waals surface area (Å²) in [5, 5.41) is 3.60. The Balaban J connectivity index is 1.43. The number of esters is 1. The molecular weight excluding hydrogens is 594 g/mol. The number of halogens is 2. The van der Waals surface area contributed by atoms with Gasteiger partial charge in [-0.05, 0) is 42.0 Å². The van der Waals surface area contributed by atoms with E-state index in [4.69, 9.17) is 4.42 Å². The number of methoxy groups -OCH3 is 1. The number of carbonyl (C=O) groups excluding carboxylic acids is 3. The van der Waals surface area contributed by atoms with Gasteiger partial charge in [-0.1, -0.05) is 56.1 Å². The van der Waals surface area contributed by atoms with Crippen molar-refractivity contribution >= 4 is 66.7 Å². The zero-order valence-electron chi connectivity index (χ0n) is 19.0. The van der Waals surface area contributed by atoms with Crippen LogP contribution in [0.2, 0.25) is 0 Å². The van der Waals surface area contributed by atoms with E-state index < -0.39 is 17.9 Å². The van der Waals surface area contributed by atoms with Crippen LogP contribution >= 0.6 is 31.9 Å². The molecule has 10 heteroatoms. The second kappa shape index (κ2) is 9.79. The highest BCUT2D eigenvalue weighted by Crippen LogP contribution is 2.28. The maximum atomic E-state index is 13.1. The number of ether oxygens (including phenoxy) is 1. The first-order valence-electron chi connectivity index (χ1n) is 10.9. The molecule has 0 spiro atoms. The highest BCUT2D eigenvalue weighted by Gasteiger charge is 2.34. The highest BCUT2D eigenvalue weighted by atomic mass is 79.9. The summed E-state index contributed by atoms with van der Waals surface area (Å²) in [7, 11) is 1.24. The van der Waals surface area contributed by atoms with Crippen molar-refractivity contribution in [2.45, 2.75) is 13.1 Å². The second-order valence-corrected chi connectivity index (χ2v) is 9.87. The van der Waals surface area contributed by atoms with Crippen LogP contribution in [0.25, 0.3) is 17.0 Å². The van der Waals surface area contributed by atoms with Crippen LogP contribution in [0.3, 0.4) is 0 Å². The lowest BCUT2D eigenvalue weighted by Gasteiger charge is -2.09. The van der Waals surface area contributed by atoms with Crippen molar-refractivity contribution in [3.8, 4) is 0 Å². The number of rotatable bonds is 6. The first kappa shape index (κ1) is 24.1. The molecule has 0 radical (unpaired) electrons. The highest BCUT2D eigenvalue weighted by molar-refractivity contribution is 9.11. The Bertz CT molecular complexity index is 1550. The van der Waals surface area contributed by atoms with Gasteiger partial charge in [0.1, 0.15) is 11.5 Å². The molecule has 1 N–H and O–H groups in total. The largest absolute Gasteiger partial charge is 0.463 e. The molecule has 36 heavy (non-hydrogen) atoms. The lowest BCUT2D eigenvalue weighted by molar-refractivity contribution is -0.123. The van der Waals surface area contributed by atoms with E-state index in [-0.39, 0.29) is 23.8 Å². The van der Waals surface area contributed by atoms with E-state index in [1.165, 1.54) is 19.2 Å². The van der Waals surface area contributed by atoms with E-state index in [1.54, 1.807) is 6.08 Å². The van der Waals surface area contributed by atoms with Crippen LogP contribution in [-0.4, -0.2) is 34.5 Å². The van der Waals surface area contributed by atoms with Gasteiger partial charge in [0, 0.05) is 38.2 Å². The van der Waals surface area contributed by atoms with Crippen LogP contribution in [0.5, 0.6) is 0 Å². The van der Waals surface area contributed by atoms with E-state index in [1.807, 2.05) is 48.7 Å². The fourth-order valence-electron chi connectivity index (χ4n) is 4.05. The average Bonchev–Trinajstić information content (AvgIpc) is 3.54. The molecule has 8 nitrogen and oxygen atoms in total. The molecule has 182 valence electrons. The zero-order valence-corrected chi connectivity index (χ0v) is 22.1. The first-order valence-corrected chi connectivity index (χ1v) is 12.5. The third kappa shape index (κ3) is 4.61. The smallest absolute Gasteiger partial charge is 0.373 e. The van der Waals surface area contributed by atoms with Crippen molar-refractivity contribution in [2.24, 2.45) is 0 Å². The van der Waals surface area contributed by atoms with E-state index >= 15 is 0 Å². The zero-order chi connectivity index (χ0) is 25.4. The van der Waals surface area contributed by atoms with Crippen molar-refractivity contribution in [1.82, 2.24) is 14.8 Å². The molecule has 3 amide bonds. The number of fused-ring (bicyclic) bond motifs is 1. The third-order valence-corrected chi connectivity index (χ3v) is 7.03. The topological polar surface area (TPSA) is 93.8 Å². The van der Waals surface area contributed by atoms with Crippen LogP contribution in [-0.2, 0) is 22.6 Å². The van der Waals surface area contributed by atoms with Crippen molar-refractivity contribution in [3.63, 3.8) is 0 Å². The molecule has 2 aromatic heterocycles. The number of nitrogens with one attached hydrogen (secondary N) is 1. The maximum absolute atomic E-state index is 13.1. The molecule has 3 heterocycles. The van der Waals surface area contributed by atoms with Crippen molar-refractivity contribution in [3.05, 3.63) is 98.1 Å². The number of benzene rings is 2. The fraction of sp³-hybridized carbons (Fsp3) is 0.115. The van der Waals surface area contributed by atoms with E-state index in [2.05, 4.69) is 46.5 Å². The van der Waals surface area contributed by atoms with Gasteiger partial charge in [-0.15, -0.1) is 0 Å². The van der Waals surface area contributed by atoms with E-state index in [9.17, 15) is 14.4 Å². The van der Waals surface area contributed by atoms with Gasteiger partial charge in [0.05, 0.1) is 13.7 Å². The van der Waals surface area contributed by atoms with Gasteiger partial charge in [0.2, 0.25) is 5.76 Å². The predicted molar refractivity (Wildman–Crippen MR) is 140 cm³/mol. The van der Waals surface area contributed by atoms with Gasteiger partial charge >= 0.3 is 12.0 Å². The number of hydrogen-bond acceptors (Lipinski definition) is 5. The van der Waals surface area contributed by atoms with E-state index in [0.29, 0.717) is 6.54 Å². The fourth-order valence-corrected chi connectivity index (χ4v) is 5.23. The molecule has 4 aromatic rings. The van der Waals surface area contributed by atoms with Crippen LogP contribution in [0.4, 0.5) is 4.79 Å². The Hall–Kier alpha value is -3.63. The van der Waals surface area contributed by atoms with Gasteiger partial charge in [0.25, 0.3) is 5.91 Å². The number of aromatic nitrogens is 1. The Morgan fingerprint density at radius 2 is 1.89 bits per heavy atom. The summed E-state index contributed by atoms with van der Waals surface area (Å²) in [5.41, 5.74) is 3.06. The summed E-state index contributed by atoms with van der Waals surface area (Å²) in [4.78, 5) is 38.3. The molecule has 1 aliphatic rings. The molecule has 5 rings (SSSR count). The van der Waals surface area contributed by atoms with Crippen molar-refractivity contribution in [1.29, 1.82) is 0 Å². The average molecular weight is 613 g/mol. The number of imide groups is 1. The Morgan fingerprint density at radius 1 is 1.08 bits per heavy atom. The summed E-state index contributed by atoms with van der Waals surface area (Å²) in [6, 6.07) is 16.3. The molecule has 1 saturated heterocycles. The van der Waals surface area contributed by atoms with Gasteiger partial charge in [0.15, 0.2) is 0 Å². The standard InChI is InChI=1S/C26H19Br2N3O5/c1-35-25(33)23-9-8-18(36-23)14-31-24(32)21(29-26(31)34)10-16-13-30(22-5-3-2-4-19(16)22)12-15-6-7-17(27)11-20(15)28/h2-11,13H,12,14H2,1H3,(H,29,34)/b21-10-. The number of furan rings is 1. The quantitative estimate of drug-likeness (QED) is 0.172. The Morgan fingerprint density at radius 3 is 2.67 bits per heavy atom. The third-order valence-electron chi connectivity index (χ3n) is 5.80. The second-order valence-electron chi connectivity index (χ2n) is 8.10. The van der Waals surface area contributed by atoms with E-state index in [0.717, 1.165) is 35.9 Å². The summed E-state index contributed by atoms with van der Waals surface area (Å²) in [6.45, 7) is 0.503. The Labute approximate surface area is 222 Å². The summed E-state index contributed by atoms with van der Waals surface area (Å²) in [5.74, 6) is -0.827. The molecule has 0 aliphatic carbocycles. The summed E-state index contributed by atoms with van der Waals surface area (Å²) in [6.07, 6.45) is 3.64.